The summed E-state index contributed by atoms with van der Waals surface area (Å²) < 4.78 is 2.02. The van der Waals surface area contributed by atoms with Gasteiger partial charge in [-0.25, -0.2) is 4.98 Å². The Morgan fingerprint density at radius 3 is 3.11 bits per heavy atom. The number of fused-ring (bicyclic) bond motifs is 1. The molecule has 2 aliphatic rings. The third-order valence-corrected chi connectivity index (χ3v) is 4.81. The van der Waals surface area contributed by atoms with Crippen molar-refractivity contribution in [1.29, 1.82) is 0 Å². The Bertz CT molecular complexity index is 415. The lowest BCUT2D eigenvalue weighted by Gasteiger charge is -2.20. The Hall–Kier alpha value is -1.32. The smallest absolute Gasteiger partial charge is 0.220 e. The third-order valence-electron chi connectivity index (χ3n) is 4.81. The van der Waals surface area contributed by atoms with E-state index >= 15 is 0 Å². The molecule has 0 aromatic carbocycles. The molecular weight excluding hydrogens is 238 g/mol. The highest BCUT2D eigenvalue weighted by Crippen LogP contribution is 2.43. The van der Waals surface area contributed by atoms with Crippen LogP contribution < -0.4 is 5.32 Å². The molecule has 19 heavy (non-hydrogen) atoms. The van der Waals surface area contributed by atoms with Gasteiger partial charge in [0.05, 0.1) is 6.33 Å². The summed E-state index contributed by atoms with van der Waals surface area (Å²) in [7, 11) is 0. The van der Waals surface area contributed by atoms with E-state index in [2.05, 4.69) is 10.3 Å². The fraction of sp³-hybridized carbons (Fsp3) is 0.733. The van der Waals surface area contributed by atoms with Gasteiger partial charge in [-0.15, -0.1) is 0 Å². The summed E-state index contributed by atoms with van der Waals surface area (Å²) in [6.45, 7) is 0.879. The molecule has 1 heterocycles. The quantitative estimate of drug-likeness (QED) is 0.884. The second-order valence-corrected chi connectivity index (χ2v) is 6.01. The number of hydrogen-bond acceptors (Lipinski definition) is 2. The minimum absolute atomic E-state index is 0.234. The van der Waals surface area contributed by atoms with Crippen LogP contribution in [0.1, 0.15) is 44.9 Å². The van der Waals surface area contributed by atoms with Crippen molar-refractivity contribution < 1.29 is 4.79 Å². The summed E-state index contributed by atoms with van der Waals surface area (Å²) in [6.07, 6.45) is 13.6. The Morgan fingerprint density at radius 2 is 2.26 bits per heavy atom. The zero-order valence-corrected chi connectivity index (χ0v) is 11.4. The highest BCUT2D eigenvalue weighted by molar-refractivity contribution is 5.76. The Labute approximate surface area is 114 Å². The second-order valence-electron chi connectivity index (χ2n) is 6.01. The SMILES string of the molecule is O=C(CCCn1ccnc1)N[C@H]1CC[C@@H]2CCC[C@@H]21. The fourth-order valence-corrected chi connectivity index (χ4v) is 3.86. The standard InChI is InChI=1S/C15H23N3O/c19-15(5-2-9-18-10-8-16-11-18)17-14-7-6-12-3-1-4-13(12)14/h8,10-14H,1-7,9H2,(H,17,19)/t12-,13-,14-/m0/s1. The van der Waals surface area contributed by atoms with E-state index in [1.54, 1.807) is 12.5 Å². The van der Waals surface area contributed by atoms with Gasteiger partial charge >= 0.3 is 0 Å². The van der Waals surface area contributed by atoms with Gasteiger partial charge in [0.1, 0.15) is 0 Å². The number of nitrogens with zero attached hydrogens (tertiary/aromatic N) is 2. The molecule has 1 aromatic heterocycles. The minimum atomic E-state index is 0.234. The molecule has 0 radical (unpaired) electrons. The van der Waals surface area contributed by atoms with Crippen molar-refractivity contribution in [2.24, 2.45) is 11.8 Å². The summed E-state index contributed by atoms with van der Waals surface area (Å²) in [4.78, 5) is 16.0. The molecule has 0 saturated heterocycles. The van der Waals surface area contributed by atoms with Crippen molar-refractivity contribution in [2.45, 2.75) is 57.5 Å². The van der Waals surface area contributed by atoms with Crippen LogP contribution in [0.25, 0.3) is 0 Å². The molecule has 0 unspecified atom stereocenters. The molecule has 0 spiro atoms. The minimum Gasteiger partial charge on any atom is -0.353 e. The van der Waals surface area contributed by atoms with Gasteiger partial charge in [-0.1, -0.05) is 12.8 Å². The molecule has 1 amide bonds. The van der Waals surface area contributed by atoms with Crippen molar-refractivity contribution in [3.63, 3.8) is 0 Å². The number of carbonyl (C=O) groups is 1. The molecular formula is C15H23N3O. The van der Waals surface area contributed by atoms with E-state index in [9.17, 15) is 4.79 Å². The molecule has 4 heteroatoms. The van der Waals surface area contributed by atoms with Gasteiger partial charge in [-0.3, -0.25) is 4.79 Å². The molecule has 0 aliphatic heterocycles. The number of aromatic nitrogens is 2. The first-order chi connectivity index (χ1) is 9.33. The number of rotatable bonds is 5. The van der Waals surface area contributed by atoms with Crippen molar-refractivity contribution in [3.05, 3.63) is 18.7 Å². The van der Waals surface area contributed by atoms with Crippen LogP contribution >= 0.6 is 0 Å². The zero-order chi connectivity index (χ0) is 13.1. The Morgan fingerprint density at radius 1 is 1.32 bits per heavy atom. The lowest BCUT2D eigenvalue weighted by Crippen LogP contribution is -2.37. The average molecular weight is 261 g/mol. The van der Waals surface area contributed by atoms with Gasteiger partial charge in [0.25, 0.3) is 0 Å². The van der Waals surface area contributed by atoms with Gasteiger partial charge in [0.2, 0.25) is 5.91 Å². The van der Waals surface area contributed by atoms with E-state index in [0.29, 0.717) is 12.5 Å². The van der Waals surface area contributed by atoms with Crippen LogP contribution in [0.2, 0.25) is 0 Å². The summed E-state index contributed by atoms with van der Waals surface area (Å²) in [5.41, 5.74) is 0. The average Bonchev–Trinajstić information content (AvgIpc) is 3.08. The molecule has 0 bridgehead atoms. The van der Waals surface area contributed by atoms with Gasteiger partial charge in [0, 0.05) is 31.4 Å². The monoisotopic (exact) mass is 261 g/mol. The first kappa shape index (κ1) is 12.7. The van der Waals surface area contributed by atoms with E-state index in [-0.39, 0.29) is 5.91 Å². The number of imidazole rings is 1. The normalized spacial score (nSPS) is 29.4. The van der Waals surface area contributed by atoms with Crippen LogP contribution in [0, 0.1) is 11.8 Å². The predicted octanol–water partition coefficient (Wildman–Crippen LogP) is 2.36. The molecule has 3 atom stereocenters. The largest absolute Gasteiger partial charge is 0.353 e. The van der Waals surface area contributed by atoms with Crippen molar-refractivity contribution in [3.8, 4) is 0 Å². The second kappa shape index (κ2) is 5.76. The lowest BCUT2D eigenvalue weighted by molar-refractivity contribution is -0.122. The van der Waals surface area contributed by atoms with E-state index in [4.69, 9.17) is 0 Å². The zero-order valence-electron chi connectivity index (χ0n) is 11.4. The summed E-state index contributed by atoms with van der Waals surface area (Å²) >= 11 is 0. The van der Waals surface area contributed by atoms with E-state index < -0.39 is 0 Å². The van der Waals surface area contributed by atoms with E-state index in [0.717, 1.165) is 24.8 Å². The number of carbonyl (C=O) groups excluding carboxylic acids is 1. The maximum Gasteiger partial charge on any atom is 0.220 e. The Kier molecular flexibility index (Phi) is 3.85. The molecule has 2 fully saturated rings. The molecule has 2 aliphatic carbocycles. The topological polar surface area (TPSA) is 46.9 Å². The van der Waals surface area contributed by atoms with Crippen LogP contribution in [0.15, 0.2) is 18.7 Å². The summed E-state index contributed by atoms with van der Waals surface area (Å²) in [6, 6.07) is 0.466. The van der Waals surface area contributed by atoms with Gasteiger partial charge in [0.15, 0.2) is 0 Å². The third kappa shape index (κ3) is 2.99. The van der Waals surface area contributed by atoms with Gasteiger partial charge < -0.3 is 9.88 Å². The van der Waals surface area contributed by atoms with Gasteiger partial charge in [-0.2, -0.15) is 0 Å². The number of aryl methyl sites for hydroxylation is 1. The fourth-order valence-electron chi connectivity index (χ4n) is 3.86. The van der Waals surface area contributed by atoms with Crippen molar-refractivity contribution in [2.75, 3.05) is 0 Å². The first-order valence-corrected chi connectivity index (χ1v) is 7.58. The highest BCUT2D eigenvalue weighted by Gasteiger charge is 2.39. The van der Waals surface area contributed by atoms with Crippen molar-refractivity contribution >= 4 is 5.91 Å². The maximum atomic E-state index is 12.0. The molecule has 1 aromatic rings. The lowest BCUT2D eigenvalue weighted by atomic mass is 9.97. The van der Waals surface area contributed by atoms with E-state index in [1.807, 2.05) is 10.8 Å². The van der Waals surface area contributed by atoms with Crippen LogP contribution in [0.4, 0.5) is 0 Å². The Balaban J connectivity index is 1.39. The summed E-state index contributed by atoms with van der Waals surface area (Å²) in [5.74, 6) is 1.91. The molecule has 104 valence electrons. The number of hydrogen-bond donors (Lipinski definition) is 1. The number of nitrogens with one attached hydrogen (secondary N) is 1. The number of amides is 1. The van der Waals surface area contributed by atoms with E-state index in [1.165, 1.54) is 32.1 Å². The molecule has 2 saturated carbocycles. The molecule has 4 nitrogen and oxygen atoms in total. The van der Waals surface area contributed by atoms with Crippen LogP contribution in [0.3, 0.4) is 0 Å². The predicted molar refractivity (Wildman–Crippen MR) is 73.5 cm³/mol. The van der Waals surface area contributed by atoms with Crippen LogP contribution in [-0.2, 0) is 11.3 Å². The summed E-state index contributed by atoms with van der Waals surface area (Å²) in [5, 5.41) is 3.27. The first-order valence-electron chi connectivity index (χ1n) is 7.58. The molecule has 3 rings (SSSR count). The highest BCUT2D eigenvalue weighted by atomic mass is 16.1. The molecule has 1 N–H and O–H groups in total. The van der Waals surface area contributed by atoms with Crippen LogP contribution in [0.5, 0.6) is 0 Å². The van der Waals surface area contributed by atoms with Gasteiger partial charge in [-0.05, 0) is 37.5 Å². The van der Waals surface area contributed by atoms with Crippen LogP contribution in [-0.4, -0.2) is 21.5 Å². The maximum absolute atomic E-state index is 12.0. The van der Waals surface area contributed by atoms with Crippen molar-refractivity contribution in [1.82, 2.24) is 14.9 Å².